The second kappa shape index (κ2) is 9.57. The minimum absolute atomic E-state index is 0.170. The summed E-state index contributed by atoms with van der Waals surface area (Å²) >= 11 is 6.19. The smallest absolute Gasteiger partial charge is 0.271 e. The van der Waals surface area contributed by atoms with Crippen molar-refractivity contribution in [3.05, 3.63) is 62.2 Å². The number of nitriles is 1. The molecule has 1 N–H and O–H groups in total. The number of methoxy groups -OCH3 is 1. The number of carbonyl (C=O) groups excluding carboxylic acids is 1. The highest BCUT2D eigenvalue weighted by Gasteiger charge is 2.16. The van der Waals surface area contributed by atoms with Gasteiger partial charge in [-0.15, -0.1) is 0 Å². The van der Waals surface area contributed by atoms with Crippen molar-refractivity contribution in [1.29, 1.82) is 5.26 Å². The summed E-state index contributed by atoms with van der Waals surface area (Å²) in [5.74, 6) is 0.0165. The third-order valence-corrected chi connectivity index (χ3v) is 4.17. The molecular formula is C20H18ClN3O5. The molecule has 0 fully saturated rings. The van der Waals surface area contributed by atoms with Crippen LogP contribution in [0.2, 0.25) is 5.02 Å². The summed E-state index contributed by atoms with van der Waals surface area (Å²) in [6.45, 7) is 3.86. The molecule has 2 rings (SSSR count). The van der Waals surface area contributed by atoms with Gasteiger partial charge in [0.15, 0.2) is 11.5 Å². The van der Waals surface area contributed by atoms with Crippen LogP contribution in [0.15, 0.2) is 35.9 Å². The lowest BCUT2D eigenvalue weighted by atomic mass is 10.1. The normalized spacial score (nSPS) is 10.8. The first-order valence-electron chi connectivity index (χ1n) is 8.49. The third-order valence-electron chi connectivity index (χ3n) is 3.89. The zero-order valence-corrected chi connectivity index (χ0v) is 16.7. The van der Waals surface area contributed by atoms with E-state index in [9.17, 15) is 20.2 Å². The zero-order valence-electron chi connectivity index (χ0n) is 16.0. The predicted octanol–water partition coefficient (Wildman–Crippen LogP) is 4.51. The third kappa shape index (κ3) is 5.24. The van der Waals surface area contributed by atoms with Crippen molar-refractivity contribution < 1.29 is 19.2 Å². The van der Waals surface area contributed by atoms with Crippen LogP contribution in [0.5, 0.6) is 11.5 Å². The fourth-order valence-electron chi connectivity index (χ4n) is 2.50. The Hall–Kier alpha value is -3.57. The molecule has 0 atom stereocenters. The molecule has 0 aliphatic heterocycles. The van der Waals surface area contributed by atoms with Crippen LogP contribution >= 0.6 is 11.6 Å². The number of hydrogen-bond donors (Lipinski definition) is 1. The summed E-state index contributed by atoms with van der Waals surface area (Å²) in [6, 6.07) is 9.04. The van der Waals surface area contributed by atoms with E-state index in [0.29, 0.717) is 29.2 Å². The Bertz CT molecular complexity index is 1030. The fourth-order valence-corrected chi connectivity index (χ4v) is 2.79. The fraction of sp³-hybridized carbons (Fsp3) is 0.200. The lowest BCUT2D eigenvalue weighted by molar-refractivity contribution is -0.384. The number of nitro groups is 1. The highest BCUT2D eigenvalue weighted by atomic mass is 35.5. The van der Waals surface area contributed by atoms with E-state index in [1.54, 1.807) is 19.9 Å². The monoisotopic (exact) mass is 415 g/mol. The van der Waals surface area contributed by atoms with Gasteiger partial charge in [0, 0.05) is 12.1 Å². The lowest BCUT2D eigenvalue weighted by Gasteiger charge is -2.12. The van der Waals surface area contributed by atoms with Gasteiger partial charge in [0.1, 0.15) is 11.6 Å². The van der Waals surface area contributed by atoms with Gasteiger partial charge in [-0.05, 0) is 43.2 Å². The number of nitrogens with zero attached hydrogens (tertiary/aromatic N) is 2. The molecule has 0 spiro atoms. The van der Waals surface area contributed by atoms with Gasteiger partial charge in [0.05, 0.1) is 29.4 Å². The Morgan fingerprint density at radius 2 is 2.10 bits per heavy atom. The van der Waals surface area contributed by atoms with Gasteiger partial charge in [0.2, 0.25) is 0 Å². The molecule has 1 amide bonds. The van der Waals surface area contributed by atoms with Crippen LogP contribution in [-0.2, 0) is 4.79 Å². The Kier molecular flexibility index (Phi) is 7.17. The molecule has 0 aromatic heterocycles. The van der Waals surface area contributed by atoms with Crippen LogP contribution < -0.4 is 14.8 Å². The molecule has 2 aromatic rings. The maximum absolute atomic E-state index is 12.5. The summed E-state index contributed by atoms with van der Waals surface area (Å²) in [7, 11) is 1.45. The van der Waals surface area contributed by atoms with E-state index in [1.165, 1.54) is 37.5 Å². The SMILES string of the molecule is CCOc1cc(/C=C(\C#N)C(=O)Nc2cc([N+](=O)[O-])ccc2C)cc(Cl)c1OC. The number of non-ortho nitro benzene ring substituents is 1. The van der Waals surface area contributed by atoms with E-state index < -0.39 is 10.8 Å². The van der Waals surface area contributed by atoms with Gasteiger partial charge >= 0.3 is 0 Å². The topological polar surface area (TPSA) is 114 Å². The standard InChI is InChI=1S/C20H18ClN3O5/c1-4-29-18-9-13(8-16(21)19(18)28-3)7-14(11-22)20(25)23-17-10-15(24(26)27)6-5-12(17)2/h5-10H,4H2,1-3H3,(H,23,25)/b14-7+. The van der Waals surface area contributed by atoms with Crippen LogP contribution in [0.25, 0.3) is 6.08 Å². The van der Waals surface area contributed by atoms with Gasteiger partial charge in [-0.1, -0.05) is 17.7 Å². The van der Waals surface area contributed by atoms with Gasteiger partial charge in [0.25, 0.3) is 11.6 Å². The van der Waals surface area contributed by atoms with Crippen molar-refractivity contribution in [2.45, 2.75) is 13.8 Å². The van der Waals surface area contributed by atoms with E-state index in [-0.39, 0.29) is 22.0 Å². The molecule has 0 aliphatic rings. The highest BCUT2D eigenvalue weighted by molar-refractivity contribution is 6.32. The number of halogens is 1. The largest absolute Gasteiger partial charge is 0.491 e. The lowest BCUT2D eigenvalue weighted by Crippen LogP contribution is -2.14. The van der Waals surface area contributed by atoms with Crippen molar-refractivity contribution in [2.75, 3.05) is 19.0 Å². The van der Waals surface area contributed by atoms with Gasteiger partial charge in [-0.3, -0.25) is 14.9 Å². The van der Waals surface area contributed by atoms with Gasteiger partial charge in [-0.25, -0.2) is 0 Å². The Morgan fingerprint density at radius 1 is 1.38 bits per heavy atom. The first-order valence-corrected chi connectivity index (χ1v) is 8.87. The molecule has 0 heterocycles. The molecule has 29 heavy (non-hydrogen) atoms. The summed E-state index contributed by atoms with van der Waals surface area (Å²) in [5.41, 5.74) is 0.943. The van der Waals surface area contributed by atoms with Crippen LogP contribution in [0.1, 0.15) is 18.1 Å². The molecule has 0 bridgehead atoms. The van der Waals surface area contributed by atoms with Crippen LogP contribution in [0.3, 0.4) is 0 Å². The number of ether oxygens (including phenoxy) is 2. The van der Waals surface area contributed by atoms with E-state index in [1.807, 2.05) is 6.07 Å². The molecular weight excluding hydrogens is 398 g/mol. The Balaban J connectivity index is 2.37. The minimum atomic E-state index is -0.707. The van der Waals surface area contributed by atoms with E-state index in [0.717, 1.165) is 0 Å². The summed E-state index contributed by atoms with van der Waals surface area (Å²) in [5, 5.41) is 23.2. The van der Waals surface area contributed by atoms with Crippen LogP contribution in [0, 0.1) is 28.4 Å². The number of benzene rings is 2. The first kappa shape index (κ1) is 21.7. The number of amides is 1. The number of rotatable bonds is 7. The maximum Gasteiger partial charge on any atom is 0.271 e. The van der Waals surface area contributed by atoms with Gasteiger partial charge in [-0.2, -0.15) is 5.26 Å². The molecule has 0 aliphatic carbocycles. The summed E-state index contributed by atoms with van der Waals surface area (Å²) < 4.78 is 10.7. The number of nitro benzene ring substituents is 1. The Morgan fingerprint density at radius 3 is 2.69 bits per heavy atom. The average Bonchev–Trinajstić information content (AvgIpc) is 2.67. The number of hydrogen-bond acceptors (Lipinski definition) is 6. The molecule has 9 heteroatoms. The van der Waals surface area contributed by atoms with Crippen molar-refractivity contribution in [1.82, 2.24) is 0 Å². The molecule has 0 radical (unpaired) electrons. The molecule has 0 saturated carbocycles. The molecule has 0 unspecified atom stereocenters. The average molecular weight is 416 g/mol. The van der Waals surface area contributed by atoms with E-state index in [4.69, 9.17) is 21.1 Å². The molecule has 0 saturated heterocycles. The van der Waals surface area contributed by atoms with Crippen molar-refractivity contribution in [3.8, 4) is 17.6 Å². The van der Waals surface area contributed by atoms with Crippen molar-refractivity contribution in [3.63, 3.8) is 0 Å². The molecule has 2 aromatic carbocycles. The van der Waals surface area contributed by atoms with Crippen LogP contribution in [-0.4, -0.2) is 24.5 Å². The minimum Gasteiger partial charge on any atom is -0.491 e. The second-order valence-electron chi connectivity index (χ2n) is 5.85. The van der Waals surface area contributed by atoms with E-state index in [2.05, 4.69) is 5.32 Å². The van der Waals surface area contributed by atoms with Crippen molar-refractivity contribution >= 4 is 35.0 Å². The van der Waals surface area contributed by atoms with E-state index >= 15 is 0 Å². The predicted molar refractivity (Wildman–Crippen MR) is 109 cm³/mol. The highest BCUT2D eigenvalue weighted by Crippen LogP contribution is 2.37. The molecule has 8 nitrogen and oxygen atoms in total. The Labute approximate surface area is 172 Å². The quantitative estimate of drug-likeness (QED) is 0.308. The maximum atomic E-state index is 12.5. The van der Waals surface area contributed by atoms with Gasteiger partial charge < -0.3 is 14.8 Å². The zero-order chi connectivity index (χ0) is 21.6. The second-order valence-corrected chi connectivity index (χ2v) is 6.25. The molecule has 150 valence electrons. The number of aryl methyl sites for hydroxylation is 1. The van der Waals surface area contributed by atoms with Crippen LogP contribution in [0.4, 0.5) is 11.4 Å². The summed E-state index contributed by atoms with van der Waals surface area (Å²) in [6.07, 6.45) is 1.34. The number of carbonyl (C=O) groups is 1. The number of anilines is 1. The van der Waals surface area contributed by atoms with Crippen molar-refractivity contribution in [2.24, 2.45) is 0 Å². The summed E-state index contributed by atoms with van der Waals surface area (Å²) in [4.78, 5) is 22.9. The first-order chi connectivity index (χ1) is 13.8. The number of nitrogens with one attached hydrogen (secondary N) is 1.